The lowest BCUT2D eigenvalue weighted by molar-refractivity contribution is 0.0946. The van der Waals surface area contributed by atoms with Crippen molar-refractivity contribution >= 4 is 5.91 Å². The number of carbonyl (C=O) groups excluding carboxylic acids is 1. The second kappa shape index (κ2) is 7.57. The van der Waals surface area contributed by atoms with E-state index in [9.17, 15) is 15.0 Å². The van der Waals surface area contributed by atoms with Gasteiger partial charge in [0.05, 0.1) is 0 Å². The van der Waals surface area contributed by atoms with Crippen molar-refractivity contribution in [2.75, 3.05) is 13.1 Å². The van der Waals surface area contributed by atoms with Gasteiger partial charge in [-0.15, -0.1) is 0 Å². The molecule has 5 heteroatoms. The molecule has 1 fully saturated rings. The van der Waals surface area contributed by atoms with Gasteiger partial charge in [-0.3, -0.25) is 9.69 Å². The molecule has 0 aromatic heterocycles. The molecule has 0 saturated carbocycles. The van der Waals surface area contributed by atoms with Gasteiger partial charge in [0.1, 0.15) is 11.5 Å². The van der Waals surface area contributed by atoms with Crippen LogP contribution >= 0.6 is 0 Å². The molecule has 0 radical (unpaired) electrons. The summed E-state index contributed by atoms with van der Waals surface area (Å²) in [7, 11) is 0. The fourth-order valence-corrected chi connectivity index (χ4v) is 3.47. The monoisotopic (exact) mass is 340 g/mol. The van der Waals surface area contributed by atoms with Gasteiger partial charge in [-0.2, -0.15) is 0 Å². The van der Waals surface area contributed by atoms with Gasteiger partial charge in [0.15, 0.2) is 0 Å². The second-order valence-electron chi connectivity index (χ2n) is 6.81. The number of nitrogens with one attached hydrogen (secondary N) is 1. The zero-order chi connectivity index (χ0) is 17.8. The van der Waals surface area contributed by atoms with Gasteiger partial charge >= 0.3 is 0 Å². The van der Waals surface area contributed by atoms with Crippen molar-refractivity contribution in [3.8, 4) is 11.5 Å². The number of benzene rings is 2. The zero-order valence-corrected chi connectivity index (χ0v) is 14.4. The Labute approximate surface area is 147 Å². The lowest BCUT2D eigenvalue weighted by atomic mass is 10.1. The Morgan fingerprint density at radius 1 is 1.16 bits per heavy atom. The number of hydrogen-bond donors (Lipinski definition) is 3. The van der Waals surface area contributed by atoms with Crippen LogP contribution in [0.2, 0.25) is 0 Å². The molecule has 0 bridgehead atoms. The van der Waals surface area contributed by atoms with Gasteiger partial charge in [0.25, 0.3) is 5.91 Å². The van der Waals surface area contributed by atoms with E-state index in [0.29, 0.717) is 18.5 Å². The molecular formula is C20H24N2O3. The third-order valence-corrected chi connectivity index (χ3v) is 4.74. The molecule has 0 unspecified atom stereocenters. The number of rotatable bonds is 5. The average molecular weight is 340 g/mol. The van der Waals surface area contributed by atoms with E-state index in [-0.39, 0.29) is 23.0 Å². The van der Waals surface area contributed by atoms with Crippen molar-refractivity contribution < 1.29 is 15.0 Å². The van der Waals surface area contributed by atoms with E-state index < -0.39 is 0 Å². The first-order valence-electron chi connectivity index (χ1n) is 8.60. The number of aromatic hydroxyl groups is 2. The fraction of sp³-hybridized carbons (Fsp3) is 0.350. The molecule has 3 N–H and O–H groups in total. The van der Waals surface area contributed by atoms with Crippen LogP contribution in [0, 0.1) is 5.92 Å². The van der Waals surface area contributed by atoms with Gasteiger partial charge < -0.3 is 15.5 Å². The molecule has 132 valence electrons. The Morgan fingerprint density at radius 3 is 2.52 bits per heavy atom. The number of likely N-dealkylation sites (tertiary alicyclic amines) is 1. The summed E-state index contributed by atoms with van der Waals surface area (Å²) in [5.41, 5.74) is 1.57. The number of phenols is 2. The minimum absolute atomic E-state index is 0.117. The first kappa shape index (κ1) is 17.3. The SMILES string of the molecule is C[C@H]1C[C@H](CNC(=O)c2cc(O)cc(O)c2)CN1Cc1ccccc1. The average Bonchev–Trinajstić information content (AvgIpc) is 2.92. The summed E-state index contributed by atoms with van der Waals surface area (Å²) in [5, 5.41) is 21.9. The van der Waals surface area contributed by atoms with Crippen molar-refractivity contribution in [2.24, 2.45) is 5.92 Å². The van der Waals surface area contributed by atoms with E-state index >= 15 is 0 Å². The summed E-state index contributed by atoms with van der Waals surface area (Å²) >= 11 is 0. The summed E-state index contributed by atoms with van der Waals surface area (Å²) in [5.74, 6) is -0.115. The minimum Gasteiger partial charge on any atom is -0.508 e. The van der Waals surface area contributed by atoms with E-state index in [1.165, 1.54) is 23.8 Å². The van der Waals surface area contributed by atoms with Crippen molar-refractivity contribution in [3.63, 3.8) is 0 Å². The highest BCUT2D eigenvalue weighted by atomic mass is 16.3. The molecule has 0 aliphatic carbocycles. The molecule has 3 rings (SSSR count). The smallest absolute Gasteiger partial charge is 0.251 e. The van der Waals surface area contributed by atoms with Crippen LogP contribution in [0.15, 0.2) is 48.5 Å². The number of hydrogen-bond acceptors (Lipinski definition) is 4. The van der Waals surface area contributed by atoms with Gasteiger partial charge in [-0.05, 0) is 37.0 Å². The van der Waals surface area contributed by atoms with Crippen LogP contribution in [-0.2, 0) is 6.54 Å². The Kier molecular flexibility index (Phi) is 5.24. The third kappa shape index (κ3) is 4.51. The summed E-state index contributed by atoms with van der Waals surface area (Å²) in [6.07, 6.45) is 1.04. The number of amides is 1. The molecule has 1 aliphatic rings. The van der Waals surface area contributed by atoms with Crippen molar-refractivity contribution in [1.82, 2.24) is 10.2 Å². The molecule has 2 aromatic rings. The molecule has 1 heterocycles. The second-order valence-corrected chi connectivity index (χ2v) is 6.81. The van der Waals surface area contributed by atoms with E-state index in [1.807, 2.05) is 6.07 Å². The Hall–Kier alpha value is -2.53. The first-order valence-corrected chi connectivity index (χ1v) is 8.60. The summed E-state index contributed by atoms with van der Waals surface area (Å²) in [6, 6.07) is 14.8. The van der Waals surface area contributed by atoms with Crippen molar-refractivity contribution in [3.05, 3.63) is 59.7 Å². The number of carbonyl (C=O) groups is 1. The van der Waals surface area contributed by atoms with Gasteiger partial charge in [0, 0.05) is 37.3 Å². The number of nitrogens with zero attached hydrogens (tertiary/aromatic N) is 1. The quantitative estimate of drug-likeness (QED) is 0.782. The molecule has 0 spiro atoms. The molecule has 2 atom stereocenters. The van der Waals surface area contributed by atoms with Crippen LogP contribution in [0.1, 0.15) is 29.3 Å². The molecule has 25 heavy (non-hydrogen) atoms. The van der Waals surface area contributed by atoms with Crippen molar-refractivity contribution in [1.29, 1.82) is 0 Å². The molecule has 5 nitrogen and oxygen atoms in total. The van der Waals surface area contributed by atoms with E-state index in [4.69, 9.17) is 0 Å². The normalized spacial score (nSPS) is 20.5. The maximum atomic E-state index is 12.2. The summed E-state index contributed by atoms with van der Waals surface area (Å²) in [4.78, 5) is 14.6. The van der Waals surface area contributed by atoms with Crippen molar-refractivity contribution in [2.45, 2.75) is 25.9 Å². The van der Waals surface area contributed by atoms with Gasteiger partial charge in [-0.25, -0.2) is 0 Å². The van der Waals surface area contributed by atoms with Crippen LogP contribution < -0.4 is 5.32 Å². The predicted octanol–water partition coefficient (Wildman–Crippen LogP) is 2.74. The highest BCUT2D eigenvalue weighted by Gasteiger charge is 2.29. The molecule has 1 aliphatic heterocycles. The highest BCUT2D eigenvalue weighted by Crippen LogP contribution is 2.25. The Morgan fingerprint density at radius 2 is 1.84 bits per heavy atom. The van der Waals surface area contributed by atoms with Crippen LogP contribution in [0.4, 0.5) is 0 Å². The lowest BCUT2D eigenvalue weighted by Crippen LogP contribution is -2.31. The summed E-state index contributed by atoms with van der Waals surface area (Å²) in [6.45, 7) is 4.68. The maximum Gasteiger partial charge on any atom is 0.251 e. The molecule has 2 aromatic carbocycles. The van der Waals surface area contributed by atoms with Gasteiger partial charge in [0.2, 0.25) is 0 Å². The predicted molar refractivity (Wildman–Crippen MR) is 96.5 cm³/mol. The van der Waals surface area contributed by atoms with Gasteiger partial charge in [-0.1, -0.05) is 30.3 Å². The van der Waals surface area contributed by atoms with Crippen LogP contribution in [0.5, 0.6) is 11.5 Å². The van der Waals surface area contributed by atoms with Crippen LogP contribution in [0.3, 0.4) is 0 Å². The Bertz CT molecular complexity index is 713. The summed E-state index contributed by atoms with van der Waals surface area (Å²) < 4.78 is 0. The minimum atomic E-state index is -0.277. The van der Waals surface area contributed by atoms with E-state index in [2.05, 4.69) is 41.4 Å². The number of phenolic OH excluding ortho intramolecular Hbond substituents is 2. The molecule has 1 amide bonds. The fourth-order valence-electron chi connectivity index (χ4n) is 3.47. The van der Waals surface area contributed by atoms with Crippen LogP contribution in [-0.4, -0.2) is 40.2 Å². The molecular weight excluding hydrogens is 316 g/mol. The lowest BCUT2D eigenvalue weighted by Gasteiger charge is -2.21. The first-order chi connectivity index (χ1) is 12.0. The zero-order valence-electron chi connectivity index (χ0n) is 14.4. The topological polar surface area (TPSA) is 72.8 Å². The van der Waals surface area contributed by atoms with Crippen LogP contribution in [0.25, 0.3) is 0 Å². The van der Waals surface area contributed by atoms with E-state index in [1.54, 1.807) is 0 Å². The Balaban J connectivity index is 1.53. The standard InChI is InChI=1S/C20H24N2O3/c1-14-7-16(13-22(14)12-15-5-3-2-4-6-15)11-21-20(25)17-8-18(23)10-19(24)9-17/h2-6,8-10,14,16,23-24H,7,11-13H2,1H3,(H,21,25)/t14-,16+/m0/s1. The third-order valence-electron chi connectivity index (χ3n) is 4.74. The maximum absolute atomic E-state index is 12.2. The molecule has 1 saturated heterocycles. The highest BCUT2D eigenvalue weighted by molar-refractivity contribution is 5.95. The van der Waals surface area contributed by atoms with E-state index in [0.717, 1.165) is 19.5 Å². The largest absolute Gasteiger partial charge is 0.508 e.